The smallest absolute Gasteiger partial charge is 0.191 e. The number of nitrogens with zero attached hydrogens (tertiary/aromatic N) is 1. The molecule has 1 N–H and O–H groups in total. The summed E-state index contributed by atoms with van der Waals surface area (Å²) in [5.41, 5.74) is 1.67. The van der Waals surface area contributed by atoms with Crippen LogP contribution in [0.4, 0.5) is 5.69 Å². The molecule has 1 aliphatic heterocycles. The zero-order valence-corrected chi connectivity index (χ0v) is 10.6. The van der Waals surface area contributed by atoms with Crippen molar-refractivity contribution in [2.75, 3.05) is 31.2 Å². The number of hydrogen-bond acceptors (Lipinski definition) is 4. The molecule has 1 fully saturated rings. The van der Waals surface area contributed by atoms with Crippen LogP contribution in [-0.2, 0) is 4.74 Å². The lowest BCUT2D eigenvalue weighted by molar-refractivity contribution is 0.0740. The second-order valence-electron chi connectivity index (χ2n) is 4.43. The second-order valence-corrected chi connectivity index (χ2v) is 4.43. The largest absolute Gasteiger partial charge is 0.385 e. The molecule has 98 valence electrons. The summed E-state index contributed by atoms with van der Waals surface area (Å²) >= 11 is 0. The highest BCUT2D eigenvalue weighted by atomic mass is 16.5. The number of benzene rings is 1. The number of rotatable bonds is 4. The highest BCUT2D eigenvalue weighted by Gasteiger charge is 2.16. The quantitative estimate of drug-likeness (QED) is 0.821. The Bertz CT molecular complexity index is 396. The maximum absolute atomic E-state index is 11.8. The minimum absolute atomic E-state index is 0.203. The first-order valence-electron chi connectivity index (χ1n) is 6.37. The summed E-state index contributed by atoms with van der Waals surface area (Å²) in [5.74, 6) is -0.203. The monoisotopic (exact) mass is 249 g/mol. The van der Waals surface area contributed by atoms with Crippen molar-refractivity contribution in [2.24, 2.45) is 0 Å². The van der Waals surface area contributed by atoms with Gasteiger partial charge in [0.25, 0.3) is 0 Å². The molecule has 1 aliphatic rings. The minimum atomic E-state index is -0.890. The van der Waals surface area contributed by atoms with E-state index >= 15 is 0 Å². The molecule has 1 aromatic carbocycles. The average Bonchev–Trinajstić information content (AvgIpc) is 2.47. The van der Waals surface area contributed by atoms with Gasteiger partial charge in [-0.3, -0.25) is 4.79 Å². The van der Waals surface area contributed by atoms with Crippen molar-refractivity contribution in [1.29, 1.82) is 0 Å². The van der Waals surface area contributed by atoms with Crippen LogP contribution in [0.15, 0.2) is 24.3 Å². The van der Waals surface area contributed by atoms with E-state index in [1.54, 1.807) is 19.1 Å². The van der Waals surface area contributed by atoms with E-state index in [1.807, 2.05) is 12.1 Å². The fraction of sp³-hybridized carbons (Fsp3) is 0.500. The van der Waals surface area contributed by atoms with Gasteiger partial charge in [-0.1, -0.05) is 6.92 Å². The van der Waals surface area contributed by atoms with Crippen LogP contribution in [0.3, 0.4) is 0 Å². The topological polar surface area (TPSA) is 49.8 Å². The van der Waals surface area contributed by atoms with Crippen LogP contribution in [0.2, 0.25) is 0 Å². The summed E-state index contributed by atoms with van der Waals surface area (Å²) in [7, 11) is 0. The van der Waals surface area contributed by atoms with E-state index in [4.69, 9.17) is 4.74 Å². The van der Waals surface area contributed by atoms with Gasteiger partial charge in [-0.05, 0) is 30.7 Å². The van der Waals surface area contributed by atoms with Crippen molar-refractivity contribution >= 4 is 11.5 Å². The van der Waals surface area contributed by atoms with Gasteiger partial charge >= 0.3 is 0 Å². The molecule has 1 saturated heterocycles. The van der Waals surface area contributed by atoms with Crippen LogP contribution in [0.1, 0.15) is 23.7 Å². The summed E-state index contributed by atoms with van der Waals surface area (Å²) in [4.78, 5) is 14.0. The highest BCUT2D eigenvalue weighted by molar-refractivity contribution is 5.99. The summed E-state index contributed by atoms with van der Waals surface area (Å²) < 4.78 is 5.30. The molecule has 0 aromatic heterocycles. The van der Waals surface area contributed by atoms with Gasteiger partial charge in [-0.25, -0.2) is 0 Å². The number of ketones is 1. The summed E-state index contributed by atoms with van der Waals surface area (Å²) in [5, 5.41) is 9.52. The molecule has 0 aliphatic carbocycles. The van der Waals surface area contributed by atoms with Crippen LogP contribution < -0.4 is 4.90 Å². The number of carbonyl (C=O) groups is 1. The predicted octanol–water partition coefficient (Wildman–Crippen LogP) is 1.48. The number of aliphatic hydroxyl groups excluding tert-OH is 1. The van der Waals surface area contributed by atoms with E-state index in [0.717, 1.165) is 32.0 Å². The average molecular weight is 249 g/mol. The molecule has 4 nitrogen and oxygen atoms in total. The molecule has 2 rings (SSSR count). The van der Waals surface area contributed by atoms with Crippen molar-refractivity contribution < 1.29 is 14.6 Å². The molecule has 0 radical (unpaired) electrons. The number of anilines is 1. The third-order valence-corrected chi connectivity index (χ3v) is 3.22. The standard InChI is InChI=1S/C14H19NO3/c1-2-13(16)14(17)11-3-5-12(6-4-11)15-7-9-18-10-8-15/h3-6,13,16H,2,7-10H2,1H3. The fourth-order valence-corrected chi connectivity index (χ4v) is 2.04. The Kier molecular flexibility index (Phi) is 4.33. The highest BCUT2D eigenvalue weighted by Crippen LogP contribution is 2.17. The first kappa shape index (κ1) is 13.1. The minimum Gasteiger partial charge on any atom is -0.385 e. The molecular weight excluding hydrogens is 230 g/mol. The van der Waals surface area contributed by atoms with E-state index in [1.165, 1.54) is 0 Å². The van der Waals surface area contributed by atoms with E-state index in [9.17, 15) is 9.90 Å². The van der Waals surface area contributed by atoms with E-state index < -0.39 is 6.10 Å². The molecule has 0 amide bonds. The summed E-state index contributed by atoms with van der Waals surface area (Å²) in [6, 6.07) is 7.43. The molecule has 1 unspecified atom stereocenters. The SMILES string of the molecule is CCC(O)C(=O)c1ccc(N2CCOCC2)cc1. The molecule has 1 heterocycles. The van der Waals surface area contributed by atoms with E-state index in [-0.39, 0.29) is 5.78 Å². The van der Waals surface area contributed by atoms with Gasteiger partial charge in [0.2, 0.25) is 0 Å². The Balaban J connectivity index is 2.07. The van der Waals surface area contributed by atoms with Crippen molar-refractivity contribution in [3.05, 3.63) is 29.8 Å². The van der Waals surface area contributed by atoms with Crippen LogP contribution in [0.5, 0.6) is 0 Å². The van der Waals surface area contributed by atoms with Gasteiger partial charge in [-0.2, -0.15) is 0 Å². The third-order valence-electron chi connectivity index (χ3n) is 3.22. The summed E-state index contributed by atoms with van der Waals surface area (Å²) in [6.45, 7) is 5.05. The van der Waals surface area contributed by atoms with Gasteiger partial charge in [0.05, 0.1) is 13.2 Å². The lowest BCUT2D eigenvalue weighted by Gasteiger charge is -2.28. The van der Waals surface area contributed by atoms with Crippen molar-refractivity contribution in [1.82, 2.24) is 0 Å². The van der Waals surface area contributed by atoms with Gasteiger partial charge in [0.1, 0.15) is 6.10 Å². The Morgan fingerprint density at radius 1 is 1.33 bits per heavy atom. The number of hydrogen-bond donors (Lipinski definition) is 1. The number of aliphatic hydroxyl groups is 1. The van der Waals surface area contributed by atoms with Gasteiger partial charge < -0.3 is 14.7 Å². The first-order valence-corrected chi connectivity index (χ1v) is 6.37. The van der Waals surface area contributed by atoms with E-state index in [0.29, 0.717) is 12.0 Å². The Hall–Kier alpha value is -1.39. The van der Waals surface area contributed by atoms with Crippen LogP contribution in [-0.4, -0.2) is 43.3 Å². The normalized spacial score (nSPS) is 17.6. The lowest BCUT2D eigenvalue weighted by atomic mass is 10.0. The van der Waals surface area contributed by atoms with Crippen LogP contribution >= 0.6 is 0 Å². The van der Waals surface area contributed by atoms with Crippen molar-refractivity contribution in [3.8, 4) is 0 Å². The Morgan fingerprint density at radius 2 is 1.94 bits per heavy atom. The van der Waals surface area contributed by atoms with Crippen LogP contribution in [0.25, 0.3) is 0 Å². The van der Waals surface area contributed by atoms with Gasteiger partial charge in [-0.15, -0.1) is 0 Å². The zero-order chi connectivity index (χ0) is 13.0. The molecule has 0 spiro atoms. The number of Topliss-reactive ketones (excluding diaryl/α,β-unsaturated/α-hetero) is 1. The molecule has 18 heavy (non-hydrogen) atoms. The predicted molar refractivity (Wildman–Crippen MR) is 70.1 cm³/mol. The Morgan fingerprint density at radius 3 is 2.50 bits per heavy atom. The third kappa shape index (κ3) is 2.89. The van der Waals surface area contributed by atoms with Gasteiger partial charge in [0, 0.05) is 24.3 Å². The molecule has 0 saturated carbocycles. The van der Waals surface area contributed by atoms with Crippen molar-refractivity contribution in [3.63, 3.8) is 0 Å². The Labute approximate surface area is 107 Å². The first-order chi connectivity index (χ1) is 8.72. The maximum atomic E-state index is 11.8. The zero-order valence-electron chi connectivity index (χ0n) is 10.6. The number of ether oxygens (including phenoxy) is 1. The number of carbonyl (C=O) groups excluding carboxylic acids is 1. The molecule has 0 bridgehead atoms. The van der Waals surface area contributed by atoms with E-state index in [2.05, 4.69) is 4.90 Å². The molecule has 1 atom stereocenters. The van der Waals surface area contributed by atoms with Crippen molar-refractivity contribution in [2.45, 2.75) is 19.4 Å². The summed E-state index contributed by atoms with van der Waals surface area (Å²) in [6.07, 6.45) is -0.441. The second kappa shape index (κ2) is 5.98. The molecule has 1 aromatic rings. The molecule has 4 heteroatoms. The maximum Gasteiger partial charge on any atom is 0.191 e. The fourth-order valence-electron chi connectivity index (χ4n) is 2.04. The van der Waals surface area contributed by atoms with Gasteiger partial charge in [0.15, 0.2) is 5.78 Å². The van der Waals surface area contributed by atoms with Crippen LogP contribution in [0, 0.1) is 0 Å². The number of morpholine rings is 1. The lowest BCUT2D eigenvalue weighted by Crippen LogP contribution is -2.36. The molecular formula is C14H19NO3.